The predicted octanol–water partition coefficient (Wildman–Crippen LogP) is 3.16. The summed E-state index contributed by atoms with van der Waals surface area (Å²) >= 11 is 0. The summed E-state index contributed by atoms with van der Waals surface area (Å²) in [5.41, 5.74) is 3.11. The van der Waals surface area contributed by atoms with E-state index in [4.69, 9.17) is 9.47 Å². The Kier molecular flexibility index (Phi) is 5.63. The fraction of sp³-hybridized carbons (Fsp3) is 0.600. The first kappa shape index (κ1) is 15.0. The van der Waals surface area contributed by atoms with Crippen LogP contribution >= 0.6 is 0 Å². The van der Waals surface area contributed by atoms with Gasteiger partial charge in [0.1, 0.15) is 5.75 Å². The fourth-order valence-corrected chi connectivity index (χ4v) is 2.19. The Bertz CT molecular complexity index is 388. The highest BCUT2D eigenvalue weighted by molar-refractivity contribution is 5.44. The first-order valence-electron chi connectivity index (χ1n) is 6.35. The molecule has 3 heteroatoms. The number of hydrogen-bond acceptors (Lipinski definition) is 3. The van der Waals surface area contributed by atoms with Crippen LogP contribution in [0.25, 0.3) is 0 Å². The minimum absolute atomic E-state index is 0.163. The molecule has 1 rings (SSSR count). The van der Waals surface area contributed by atoms with E-state index in [9.17, 15) is 5.11 Å². The van der Waals surface area contributed by atoms with Gasteiger partial charge in [0, 0.05) is 12.7 Å². The van der Waals surface area contributed by atoms with Crippen molar-refractivity contribution in [2.24, 2.45) is 0 Å². The van der Waals surface area contributed by atoms with Crippen LogP contribution in [0.4, 0.5) is 0 Å². The number of methoxy groups -OCH3 is 2. The molecule has 0 amide bonds. The van der Waals surface area contributed by atoms with Crippen LogP contribution in [-0.2, 0) is 4.74 Å². The number of ether oxygens (including phenoxy) is 2. The third-order valence-corrected chi connectivity index (χ3v) is 3.30. The molecule has 0 aliphatic carbocycles. The van der Waals surface area contributed by atoms with Crippen molar-refractivity contribution in [1.29, 1.82) is 0 Å². The molecule has 0 bridgehead atoms. The zero-order valence-corrected chi connectivity index (χ0v) is 12.0. The van der Waals surface area contributed by atoms with E-state index in [1.807, 2.05) is 26.8 Å². The van der Waals surface area contributed by atoms with E-state index < -0.39 is 6.10 Å². The van der Waals surface area contributed by atoms with Crippen molar-refractivity contribution in [2.75, 3.05) is 14.2 Å². The Morgan fingerprint density at radius 2 is 1.83 bits per heavy atom. The van der Waals surface area contributed by atoms with Gasteiger partial charge >= 0.3 is 0 Å². The second kappa shape index (κ2) is 6.76. The van der Waals surface area contributed by atoms with E-state index in [1.165, 1.54) is 0 Å². The molecular formula is C15H24O3. The van der Waals surface area contributed by atoms with E-state index in [0.29, 0.717) is 6.42 Å². The number of aliphatic hydroxyl groups excluding tert-OH is 1. The maximum absolute atomic E-state index is 10.3. The molecule has 1 N–H and O–H groups in total. The van der Waals surface area contributed by atoms with Gasteiger partial charge in [-0.3, -0.25) is 0 Å². The molecule has 102 valence electrons. The fourth-order valence-electron chi connectivity index (χ4n) is 2.19. The lowest BCUT2D eigenvalue weighted by Gasteiger charge is -2.19. The van der Waals surface area contributed by atoms with Crippen molar-refractivity contribution in [2.45, 2.75) is 45.8 Å². The molecule has 1 aromatic carbocycles. The monoisotopic (exact) mass is 252 g/mol. The zero-order valence-electron chi connectivity index (χ0n) is 12.0. The standard InChI is InChI=1S/C15H24O3/c1-10-8-11(2)15(14(9-10)18-5)13(16)7-6-12(3)17-4/h8-9,12-13,16H,6-7H2,1-5H3. The highest BCUT2D eigenvalue weighted by atomic mass is 16.5. The number of aliphatic hydroxyl groups is 1. The van der Waals surface area contributed by atoms with E-state index in [1.54, 1.807) is 14.2 Å². The number of rotatable bonds is 6. The van der Waals surface area contributed by atoms with Gasteiger partial charge in [-0.15, -0.1) is 0 Å². The van der Waals surface area contributed by atoms with Crippen LogP contribution in [0.2, 0.25) is 0 Å². The van der Waals surface area contributed by atoms with E-state index in [0.717, 1.165) is 28.9 Å². The van der Waals surface area contributed by atoms with E-state index in [2.05, 4.69) is 6.07 Å². The maximum Gasteiger partial charge on any atom is 0.125 e. The van der Waals surface area contributed by atoms with Crippen LogP contribution < -0.4 is 4.74 Å². The highest BCUT2D eigenvalue weighted by Crippen LogP contribution is 2.32. The van der Waals surface area contributed by atoms with Crippen molar-refractivity contribution in [3.05, 3.63) is 28.8 Å². The molecule has 1 aromatic rings. The van der Waals surface area contributed by atoms with Gasteiger partial charge in [0.15, 0.2) is 0 Å². The first-order chi connectivity index (χ1) is 8.49. The lowest BCUT2D eigenvalue weighted by Crippen LogP contribution is -2.09. The second-order valence-electron chi connectivity index (χ2n) is 4.84. The molecule has 0 aromatic heterocycles. The summed E-state index contributed by atoms with van der Waals surface area (Å²) < 4.78 is 10.6. The van der Waals surface area contributed by atoms with Gasteiger partial charge in [0.25, 0.3) is 0 Å². The van der Waals surface area contributed by atoms with Crippen LogP contribution in [-0.4, -0.2) is 25.4 Å². The van der Waals surface area contributed by atoms with Crippen molar-refractivity contribution in [3.8, 4) is 5.75 Å². The van der Waals surface area contributed by atoms with Crippen LogP contribution in [0.15, 0.2) is 12.1 Å². The molecule has 0 aliphatic heterocycles. The summed E-state index contributed by atoms with van der Waals surface area (Å²) in [5, 5.41) is 10.3. The summed E-state index contributed by atoms with van der Waals surface area (Å²) in [6.07, 6.45) is 1.16. The SMILES string of the molecule is COc1cc(C)cc(C)c1C(O)CCC(C)OC. The Balaban J connectivity index is 2.87. The van der Waals surface area contributed by atoms with Crippen molar-refractivity contribution < 1.29 is 14.6 Å². The third-order valence-electron chi connectivity index (χ3n) is 3.30. The molecule has 2 atom stereocenters. The minimum atomic E-state index is -0.502. The van der Waals surface area contributed by atoms with Gasteiger partial charge in [-0.1, -0.05) is 6.07 Å². The van der Waals surface area contributed by atoms with Crippen molar-refractivity contribution >= 4 is 0 Å². The summed E-state index contributed by atoms with van der Waals surface area (Å²) in [7, 11) is 3.33. The average Bonchev–Trinajstić information content (AvgIpc) is 2.34. The lowest BCUT2D eigenvalue weighted by molar-refractivity contribution is 0.0841. The van der Waals surface area contributed by atoms with E-state index >= 15 is 0 Å². The number of benzene rings is 1. The van der Waals surface area contributed by atoms with Gasteiger partial charge in [-0.05, 0) is 50.8 Å². The quantitative estimate of drug-likeness (QED) is 0.845. The molecule has 0 fully saturated rings. The Morgan fingerprint density at radius 1 is 1.17 bits per heavy atom. The molecule has 18 heavy (non-hydrogen) atoms. The van der Waals surface area contributed by atoms with Gasteiger partial charge in [0.05, 0.1) is 19.3 Å². The molecule has 3 nitrogen and oxygen atoms in total. The van der Waals surface area contributed by atoms with Crippen LogP contribution in [0.3, 0.4) is 0 Å². The zero-order chi connectivity index (χ0) is 13.7. The summed E-state index contributed by atoms with van der Waals surface area (Å²) in [6, 6.07) is 4.03. The predicted molar refractivity (Wildman–Crippen MR) is 73.1 cm³/mol. The number of aryl methyl sites for hydroxylation is 2. The molecule has 0 heterocycles. The average molecular weight is 252 g/mol. The highest BCUT2D eigenvalue weighted by Gasteiger charge is 2.17. The maximum atomic E-state index is 10.3. The van der Waals surface area contributed by atoms with Gasteiger partial charge in [0.2, 0.25) is 0 Å². The largest absolute Gasteiger partial charge is 0.496 e. The van der Waals surface area contributed by atoms with Crippen molar-refractivity contribution in [3.63, 3.8) is 0 Å². The van der Waals surface area contributed by atoms with Crippen LogP contribution in [0, 0.1) is 13.8 Å². The topological polar surface area (TPSA) is 38.7 Å². The lowest BCUT2D eigenvalue weighted by atomic mass is 9.96. The normalized spacial score (nSPS) is 14.3. The molecule has 0 radical (unpaired) electrons. The molecule has 2 unspecified atom stereocenters. The minimum Gasteiger partial charge on any atom is -0.496 e. The first-order valence-corrected chi connectivity index (χ1v) is 6.35. The molecule has 0 spiro atoms. The second-order valence-corrected chi connectivity index (χ2v) is 4.84. The molecular weight excluding hydrogens is 228 g/mol. The third kappa shape index (κ3) is 3.72. The summed E-state index contributed by atoms with van der Waals surface area (Å²) in [5.74, 6) is 0.769. The Labute approximate surface area is 110 Å². The summed E-state index contributed by atoms with van der Waals surface area (Å²) in [6.45, 7) is 6.04. The van der Waals surface area contributed by atoms with Gasteiger partial charge in [-0.25, -0.2) is 0 Å². The van der Waals surface area contributed by atoms with Crippen LogP contribution in [0.5, 0.6) is 5.75 Å². The molecule has 0 aliphatic rings. The molecule has 0 saturated heterocycles. The summed E-state index contributed by atoms with van der Waals surface area (Å²) in [4.78, 5) is 0. The number of hydrogen-bond donors (Lipinski definition) is 1. The Morgan fingerprint density at radius 3 is 2.39 bits per heavy atom. The van der Waals surface area contributed by atoms with Crippen molar-refractivity contribution in [1.82, 2.24) is 0 Å². The Hall–Kier alpha value is -1.06. The van der Waals surface area contributed by atoms with Gasteiger partial charge < -0.3 is 14.6 Å². The molecule has 0 saturated carbocycles. The smallest absolute Gasteiger partial charge is 0.125 e. The van der Waals surface area contributed by atoms with Gasteiger partial charge in [-0.2, -0.15) is 0 Å². The van der Waals surface area contributed by atoms with Crippen LogP contribution in [0.1, 0.15) is 42.6 Å². The van der Waals surface area contributed by atoms with E-state index in [-0.39, 0.29) is 6.10 Å².